The van der Waals surface area contributed by atoms with Crippen LogP contribution >= 0.6 is 27.3 Å². The quantitative estimate of drug-likeness (QED) is 0.835. The molecule has 0 aliphatic carbocycles. The molecule has 11 heavy (non-hydrogen) atoms. The molecule has 0 aromatic carbocycles. The average molecular weight is 234 g/mol. The van der Waals surface area contributed by atoms with E-state index in [1.54, 1.807) is 11.3 Å². The molecule has 1 aromatic heterocycles. The Morgan fingerprint density at radius 2 is 2.36 bits per heavy atom. The standard InChI is InChI=1S/C8H12BrNS/c1-3-8(2,10)7-4-6(9)5-11-7/h4-5H,3,10H2,1-2H3. The first-order valence-electron chi connectivity index (χ1n) is 3.59. The van der Waals surface area contributed by atoms with Gasteiger partial charge in [0, 0.05) is 20.3 Å². The summed E-state index contributed by atoms with van der Waals surface area (Å²) in [5.41, 5.74) is 5.88. The topological polar surface area (TPSA) is 26.0 Å². The first-order valence-corrected chi connectivity index (χ1v) is 5.27. The molecule has 1 atom stereocenters. The average Bonchev–Trinajstić information content (AvgIpc) is 2.36. The summed E-state index contributed by atoms with van der Waals surface area (Å²) in [5.74, 6) is 0. The van der Waals surface area contributed by atoms with E-state index in [2.05, 4.69) is 41.2 Å². The molecule has 0 bridgehead atoms. The van der Waals surface area contributed by atoms with Crippen molar-refractivity contribution >= 4 is 27.3 Å². The zero-order chi connectivity index (χ0) is 8.48. The van der Waals surface area contributed by atoms with Crippen LogP contribution in [0.3, 0.4) is 0 Å². The Morgan fingerprint density at radius 1 is 1.73 bits per heavy atom. The van der Waals surface area contributed by atoms with Gasteiger partial charge in [-0.15, -0.1) is 11.3 Å². The maximum Gasteiger partial charge on any atom is 0.0472 e. The molecule has 1 nitrogen and oxygen atoms in total. The highest BCUT2D eigenvalue weighted by atomic mass is 79.9. The number of thiophene rings is 1. The van der Waals surface area contributed by atoms with Gasteiger partial charge in [0.2, 0.25) is 0 Å². The second-order valence-electron chi connectivity index (χ2n) is 2.90. The maximum atomic E-state index is 6.04. The Morgan fingerprint density at radius 3 is 2.73 bits per heavy atom. The summed E-state index contributed by atoms with van der Waals surface area (Å²) < 4.78 is 1.13. The Balaban J connectivity index is 2.92. The first kappa shape index (κ1) is 9.23. The Kier molecular flexibility index (Phi) is 2.73. The van der Waals surface area contributed by atoms with Crippen molar-refractivity contribution in [2.24, 2.45) is 5.73 Å². The van der Waals surface area contributed by atoms with Crippen molar-refractivity contribution in [1.82, 2.24) is 0 Å². The van der Waals surface area contributed by atoms with E-state index in [0.717, 1.165) is 10.9 Å². The highest BCUT2D eigenvalue weighted by Gasteiger charge is 2.19. The lowest BCUT2D eigenvalue weighted by Gasteiger charge is -2.20. The highest BCUT2D eigenvalue weighted by Crippen LogP contribution is 2.29. The molecule has 1 unspecified atom stereocenters. The molecule has 0 amide bonds. The molecule has 0 spiro atoms. The molecule has 0 aliphatic heterocycles. The van der Waals surface area contributed by atoms with Gasteiger partial charge in [0.05, 0.1) is 0 Å². The molecule has 0 aliphatic rings. The van der Waals surface area contributed by atoms with Crippen LogP contribution in [0.2, 0.25) is 0 Å². The van der Waals surface area contributed by atoms with Crippen LogP contribution in [0.5, 0.6) is 0 Å². The summed E-state index contributed by atoms with van der Waals surface area (Å²) in [6, 6.07) is 2.09. The molecule has 3 heteroatoms. The van der Waals surface area contributed by atoms with Gasteiger partial charge in [0.15, 0.2) is 0 Å². The van der Waals surface area contributed by atoms with E-state index in [0.29, 0.717) is 0 Å². The number of rotatable bonds is 2. The SMILES string of the molecule is CCC(C)(N)c1cc(Br)cs1. The van der Waals surface area contributed by atoms with E-state index in [1.165, 1.54) is 4.88 Å². The normalized spacial score (nSPS) is 16.4. The van der Waals surface area contributed by atoms with E-state index in [1.807, 2.05) is 0 Å². The van der Waals surface area contributed by atoms with E-state index in [-0.39, 0.29) is 5.54 Å². The Labute approximate surface area is 79.7 Å². The van der Waals surface area contributed by atoms with E-state index in [9.17, 15) is 0 Å². The zero-order valence-corrected chi connectivity index (χ0v) is 9.13. The van der Waals surface area contributed by atoms with Crippen molar-refractivity contribution in [2.45, 2.75) is 25.8 Å². The van der Waals surface area contributed by atoms with Gasteiger partial charge in [-0.25, -0.2) is 0 Å². The van der Waals surface area contributed by atoms with Crippen LogP contribution in [-0.2, 0) is 5.54 Å². The van der Waals surface area contributed by atoms with Crippen molar-refractivity contribution in [1.29, 1.82) is 0 Å². The summed E-state index contributed by atoms with van der Waals surface area (Å²) in [5, 5.41) is 2.07. The van der Waals surface area contributed by atoms with Crippen LogP contribution in [0.1, 0.15) is 25.1 Å². The van der Waals surface area contributed by atoms with Crippen molar-refractivity contribution in [2.75, 3.05) is 0 Å². The number of halogens is 1. The molecule has 0 saturated carbocycles. The Bertz CT molecular complexity index is 242. The molecular formula is C8H12BrNS. The fourth-order valence-electron chi connectivity index (χ4n) is 0.787. The van der Waals surface area contributed by atoms with Crippen LogP contribution in [0, 0.1) is 0 Å². The molecule has 1 heterocycles. The molecule has 0 saturated heterocycles. The minimum atomic E-state index is -0.156. The fraction of sp³-hybridized carbons (Fsp3) is 0.500. The van der Waals surface area contributed by atoms with E-state index < -0.39 is 0 Å². The Hall–Kier alpha value is 0.140. The summed E-state index contributed by atoms with van der Waals surface area (Å²) in [6.45, 7) is 4.17. The first-order chi connectivity index (χ1) is 5.06. The van der Waals surface area contributed by atoms with E-state index >= 15 is 0 Å². The van der Waals surface area contributed by atoms with Gasteiger partial charge in [0.1, 0.15) is 0 Å². The number of nitrogens with two attached hydrogens (primary N) is 1. The fourth-order valence-corrected chi connectivity index (χ4v) is 2.36. The third-order valence-corrected chi connectivity index (χ3v) is 3.84. The molecule has 1 rings (SSSR count). The summed E-state index contributed by atoms with van der Waals surface area (Å²) in [6.07, 6.45) is 0.972. The number of hydrogen-bond donors (Lipinski definition) is 1. The monoisotopic (exact) mass is 233 g/mol. The lowest BCUT2D eigenvalue weighted by Crippen LogP contribution is -2.30. The maximum absolute atomic E-state index is 6.04. The van der Waals surface area contributed by atoms with Gasteiger partial charge in [-0.05, 0) is 35.3 Å². The van der Waals surface area contributed by atoms with Gasteiger partial charge >= 0.3 is 0 Å². The van der Waals surface area contributed by atoms with Crippen LogP contribution < -0.4 is 5.73 Å². The molecule has 2 N–H and O–H groups in total. The van der Waals surface area contributed by atoms with Gasteiger partial charge in [-0.1, -0.05) is 6.92 Å². The highest BCUT2D eigenvalue weighted by molar-refractivity contribution is 9.10. The number of hydrogen-bond acceptors (Lipinski definition) is 2. The van der Waals surface area contributed by atoms with Gasteiger partial charge in [-0.2, -0.15) is 0 Å². The lowest BCUT2D eigenvalue weighted by molar-refractivity contribution is 0.486. The third-order valence-electron chi connectivity index (χ3n) is 1.86. The van der Waals surface area contributed by atoms with Crippen LogP contribution in [0.15, 0.2) is 15.9 Å². The summed E-state index contributed by atoms with van der Waals surface area (Å²) >= 11 is 5.12. The van der Waals surface area contributed by atoms with Gasteiger partial charge in [0.25, 0.3) is 0 Å². The minimum absolute atomic E-state index is 0.156. The minimum Gasteiger partial charge on any atom is -0.321 e. The molecule has 0 radical (unpaired) electrons. The largest absolute Gasteiger partial charge is 0.321 e. The predicted molar refractivity (Wildman–Crippen MR) is 53.8 cm³/mol. The second kappa shape index (κ2) is 3.25. The van der Waals surface area contributed by atoms with Gasteiger partial charge in [-0.3, -0.25) is 0 Å². The van der Waals surface area contributed by atoms with Crippen molar-refractivity contribution in [3.8, 4) is 0 Å². The lowest BCUT2D eigenvalue weighted by atomic mass is 9.99. The predicted octanol–water partition coefficient (Wildman–Crippen LogP) is 3.09. The van der Waals surface area contributed by atoms with Crippen LogP contribution in [0.4, 0.5) is 0 Å². The second-order valence-corrected chi connectivity index (χ2v) is 4.73. The van der Waals surface area contributed by atoms with Crippen molar-refractivity contribution in [3.05, 3.63) is 20.8 Å². The summed E-state index contributed by atoms with van der Waals surface area (Å²) in [7, 11) is 0. The van der Waals surface area contributed by atoms with Crippen LogP contribution in [0.25, 0.3) is 0 Å². The molecule has 62 valence electrons. The van der Waals surface area contributed by atoms with Crippen molar-refractivity contribution < 1.29 is 0 Å². The van der Waals surface area contributed by atoms with Gasteiger partial charge < -0.3 is 5.73 Å². The van der Waals surface area contributed by atoms with Crippen LogP contribution in [-0.4, -0.2) is 0 Å². The molecular weight excluding hydrogens is 222 g/mol. The molecule has 0 fully saturated rings. The third kappa shape index (κ3) is 2.04. The van der Waals surface area contributed by atoms with Crippen molar-refractivity contribution in [3.63, 3.8) is 0 Å². The smallest absolute Gasteiger partial charge is 0.0472 e. The zero-order valence-electron chi connectivity index (χ0n) is 6.73. The van der Waals surface area contributed by atoms with E-state index in [4.69, 9.17) is 5.73 Å². The molecule has 1 aromatic rings. The summed E-state index contributed by atoms with van der Waals surface area (Å²) in [4.78, 5) is 1.24.